The Balaban J connectivity index is 1.87. The highest BCUT2D eigenvalue weighted by atomic mass is 32.1. The van der Waals surface area contributed by atoms with Crippen LogP contribution in [0.5, 0.6) is 0 Å². The lowest BCUT2D eigenvalue weighted by Gasteiger charge is -2.25. The molecular weight excluding hydrogens is 286 g/mol. The fraction of sp³-hybridized carbons (Fsp3) is 0.538. The fourth-order valence-corrected chi connectivity index (χ4v) is 3.70. The fourth-order valence-electron chi connectivity index (χ4n) is 2.79. The first-order chi connectivity index (χ1) is 9.59. The monoisotopic (exact) mass is 300 g/mol. The minimum atomic E-state index is -2.57. The summed E-state index contributed by atoms with van der Waals surface area (Å²) in [5, 5.41) is 4.25. The first-order valence-electron chi connectivity index (χ1n) is 6.56. The Morgan fingerprint density at radius 2 is 2.15 bits per heavy atom. The van der Waals surface area contributed by atoms with E-state index < -0.39 is 12.5 Å². The topological polar surface area (TPSA) is 49.4 Å². The first-order valence-corrected chi connectivity index (χ1v) is 7.44. The maximum Gasteiger partial charge on any atom is 0.273 e. The molecular formula is C13H14F2N2O2S. The van der Waals surface area contributed by atoms with E-state index in [2.05, 4.69) is 5.32 Å². The number of carbonyl (C=O) groups excluding carboxylic acids is 2. The number of alkyl halides is 2. The van der Waals surface area contributed by atoms with Crippen LogP contribution in [0.2, 0.25) is 0 Å². The minimum Gasteiger partial charge on any atom is -0.354 e. The number of rotatable bonds is 2. The average molecular weight is 300 g/mol. The van der Waals surface area contributed by atoms with Gasteiger partial charge in [-0.3, -0.25) is 9.59 Å². The quantitative estimate of drug-likeness (QED) is 0.911. The van der Waals surface area contributed by atoms with Gasteiger partial charge in [-0.1, -0.05) is 0 Å². The second kappa shape index (κ2) is 5.12. The summed E-state index contributed by atoms with van der Waals surface area (Å²) in [6, 6.07) is -0.534. The summed E-state index contributed by atoms with van der Waals surface area (Å²) >= 11 is 0.919. The predicted octanol–water partition coefficient (Wildman–Crippen LogP) is 2.31. The Morgan fingerprint density at radius 3 is 2.90 bits per heavy atom. The molecule has 0 unspecified atom stereocenters. The Kier molecular flexibility index (Phi) is 3.45. The smallest absolute Gasteiger partial charge is 0.273 e. The lowest BCUT2D eigenvalue weighted by Crippen LogP contribution is -2.45. The third kappa shape index (κ3) is 2.09. The van der Waals surface area contributed by atoms with Crippen LogP contribution >= 0.6 is 11.3 Å². The number of hydrogen-bond donors (Lipinski definition) is 1. The summed E-state index contributed by atoms with van der Waals surface area (Å²) in [6.45, 7) is 0.732. The van der Waals surface area contributed by atoms with Crippen molar-refractivity contribution in [2.75, 3.05) is 6.54 Å². The van der Waals surface area contributed by atoms with Crippen molar-refractivity contribution in [3.05, 3.63) is 21.4 Å². The average Bonchev–Trinajstić information content (AvgIpc) is 2.87. The Hall–Kier alpha value is -1.50. The maximum atomic E-state index is 12.9. The minimum absolute atomic E-state index is 0.0510. The molecule has 0 aromatic carbocycles. The molecule has 20 heavy (non-hydrogen) atoms. The molecule has 3 heterocycles. The molecule has 2 aliphatic rings. The van der Waals surface area contributed by atoms with E-state index in [1.807, 2.05) is 0 Å². The second-order valence-electron chi connectivity index (χ2n) is 5.03. The van der Waals surface area contributed by atoms with Crippen molar-refractivity contribution in [2.45, 2.75) is 38.3 Å². The zero-order valence-corrected chi connectivity index (χ0v) is 11.5. The van der Waals surface area contributed by atoms with Gasteiger partial charge in [-0.15, -0.1) is 11.3 Å². The lowest BCUT2D eigenvalue weighted by atomic mass is 10.1. The maximum absolute atomic E-state index is 12.9. The van der Waals surface area contributed by atoms with Gasteiger partial charge in [0.2, 0.25) is 5.91 Å². The van der Waals surface area contributed by atoms with Crippen LogP contribution in [0.4, 0.5) is 8.78 Å². The van der Waals surface area contributed by atoms with Crippen LogP contribution in [-0.2, 0) is 11.3 Å². The van der Waals surface area contributed by atoms with Crippen molar-refractivity contribution >= 4 is 23.2 Å². The highest BCUT2D eigenvalue weighted by molar-refractivity contribution is 7.10. The summed E-state index contributed by atoms with van der Waals surface area (Å²) in [7, 11) is 0. The Morgan fingerprint density at radius 1 is 1.35 bits per heavy atom. The molecule has 1 fully saturated rings. The number of halogens is 2. The highest BCUT2D eigenvalue weighted by Crippen LogP contribution is 2.38. The van der Waals surface area contributed by atoms with Crippen molar-refractivity contribution in [2.24, 2.45) is 0 Å². The van der Waals surface area contributed by atoms with Gasteiger partial charge in [0.05, 0.1) is 10.4 Å². The van der Waals surface area contributed by atoms with Gasteiger partial charge in [-0.2, -0.15) is 0 Å². The molecule has 0 radical (unpaired) electrons. The molecule has 1 saturated heterocycles. The molecule has 1 aromatic heterocycles. The van der Waals surface area contributed by atoms with Crippen molar-refractivity contribution in [3.63, 3.8) is 0 Å². The molecule has 0 spiro atoms. The zero-order chi connectivity index (χ0) is 14.3. The van der Waals surface area contributed by atoms with Crippen LogP contribution in [0.1, 0.15) is 46.5 Å². The van der Waals surface area contributed by atoms with E-state index in [1.54, 1.807) is 0 Å². The number of hydrogen-bond acceptors (Lipinski definition) is 3. The van der Waals surface area contributed by atoms with Crippen molar-refractivity contribution in [1.82, 2.24) is 10.2 Å². The van der Waals surface area contributed by atoms with E-state index >= 15 is 0 Å². The van der Waals surface area contributed by atoms with E-state index in [1.165, 1.54) is 10.3 Å². The molecule has 108 valence electrons. The van der Waals surface area contributed by atoms with Gasteiger partial charge in [-0.25, -0.2) is 8.78 Å². The summed E-state index contributed by atoms with van der Waals surface area (Å²) in [4.78, 5) is 25.7. The summed E-state index contributed by atoms with van der Waals surface area (Å²) in [6.07, 6.45) is -0.246. The number of amides is 2. The molecule has 2 aliphatic heterocycles. The molecule has 1 aromatic rings. The number of nitrogens with zero attached hydrogens (tertiary/aromatic N) is 1. The van der Waals surface area contributed by atoms with Gasteiger partial charge in [0.25, 0.3) is 12.3 Å². The number of fused-ring (bicyclic) bond motifs is 1. The predicted molar refractivity (Wildman–Crippen MR) is 69.8 cm³/mol. The third-order valence-corrected chi connectivity index (χ3v) is 4.86. The summed E-state index contributed by atoms with van der Waals surface area (Å²) in [5.41, 5.74) is 0.731. The van der Waals surface area contributed by atoms with E-state index in [0.717, 1.165) is 24.2 Å². The third-order valence-electron chi connectivity index (χ3n) is 3.83. The van der Waals surface area contributed by atoms with E-state index in [4.69, 9.17) is 0 Å². The molecule has 3 rings (SSSR count). The Labute approximate surface area is 118 Å². The van der Waals surface area contributed by atoms with Gasteiger partial charge < -0.3 is 10.2 Å². The number of nitrogens with one attached hydrogen (secondary N) is 1. The van der Waals surface area contributed by atoms with Crippen LogP contribution in [0.15, 0.2) is 5.38 Å². The van der Waals surface area contributed by atoms with Crippen molar-refractivity contribution in [3.8, 4) is 0 Å². The van der Waals surface area contributed by atoms with Crippen LogP contribution in [0.3, 0.4) is 0 Å². The second-order valence-corrected chi connectivity index (χ2v) is 5.94. The molecule has 0 bridgehead atoms. The standard InChI is InChI=1S/C13H14F2N2O2S/c14-11(15)10-7-5-17(13(19)8(7)6-20-10)9-3-1-2-4-16-12(9)18/h6,9,11H,1-5H2,(H,16,18)/t9-/m0/s1. The van der Waals surface area contributed by atoms with Gasteiger partial charge in [-0.05, 0) is 19.3 Å². The SMILES string of the molecule is O=C1NCCCC[C@@H]1N1Cc2c(csc2C(F)F)C1=O. The summed E-state index contributed by atoms with van der Waals surface area (Å²) < 4.78 is 25.8. The molecule has 0 aliphatic carbocycles. The molecule has 4 nitrogen and oxygen atoms in total. The normalized spacial score (nSPS) is 22.9. The molecule has 1 N–H and O–H groups in total. The van der Waals surface area contributed by atoms with E-state index in [-0.39, 0.29) is 23.2 Å². The number of carbonyl (C=O) groups is 2. The van der Waals surface area contributed by atoms with Crippen LogP contribution < -0.4 is 5.32 Å². The van der Waals surface area contributed by atoms with Crippen LogP contribution in [0, 0.1) is 0 Å². The van der Waals surface area contributed by atoms with Gasteiger partial charge in [0, 0.05) is 24.0 Å². The molecule has 7 heteroatoms. The molecule has 1 atom stereocenters. The Bertz CT molecular complexity index is 559. The van der Waals surface area contributed by atoms with E-state index in [0.29, 0.717) is 24.1 Å². The summed E-state index contributed by atoms with van der Waals surface area (Å²) in [5.74, 6) is -0.478. The number of thiophene rings is 1. The van der Waals surface area contributed by atoms with Gasteiger partial charge >= 0.3 is 0 Å². The van der Waals surface area contributed by atoms with Crippen molar-refractivity contribution < 1.29 is 18.4 Å². The lowest BCUT2D eigenvalue weighted by molar-refractivity contribution is -0.125. The van der Waals surface area contributed by atoms with Crippen molar-refractivity contribution in [1.29, 1.82) is 0 Å². The van der Waals surface area contributed by atoms with Gasteiger partial charge in [0.15, 0.2) is 0 Å². The zero-order valence-electron chi connectivity index (χ0n) is 10.7. The highest BCUT2D eigenvalue weighted by Gasteiger charge is 2.39. The van der Waals surface area contributed by atoms with Crippen LogP contribution in [0.25, 0.3) is 0 Å². The van der Waals surface area contributed by atoms with E-state index in [9.17, 15) is 18.4 Å². The largest absolute Gasteiger partial charge is 0.354 e. The molecule has 2 amide bonds. The first kappa shape index (κ1) is 13.5. The molecule has 0 saturated carbocycles. The van der Waals surface area contributed by atoms with Crippen LogP contribution in [-0.4, -0.2) is 29.3 Å². The van der Waals surface area contributed by atoms with Gasteiger partial charge in [0.1, 0.15) is 6.04 Å².